The SMILES string of the molecule is c1ccc(-c2nnc(-c3ccc4c(c3)OCO4)nn2)cc1. The first kappa shape index (κ1) is 11.8. The first-order valence-corrected chi connectivity index (χ1v) is 6.43. The fraction of sp³-hybridized carbons (Fsp3) is 0.0667. The van der Waals surface area contributed by atoms with Crippen LogP contribution in [0.25, 0.3) is 22.8 Å². The zero-order valence-electron chi connectivity index (χ0n) is 10.9. The van der Waals surface area contributed by atoms with Crippen LogP contribution in [0.4, 0.5) is 0 Å². The predicted octanol–water partition coefficient (Wildman–Crippen LogP) is 2.33. The Kier molecular flexibility index (Phi) is 2.71. The standard InChI is InChI=1S/C15H10N4O2/c1-2-4-10(5-3-1)14-16-18-15(19-17-14)11-6-7-12-13(8-11)21-9-20-12/h1-8H,9H2. The minimum Gasteiger partial charge on any atom is -0.454 e. The summed E-state index contributed by atoms with van der Waals surface area (Å²) in [5.41, 5.74) is 1.67. The maximum atomic E-state index is 5.34. The van der Waals surface area contributed by atoms with Gasteiger partial charge in [-0.2, -0.15) is 0 Å². The van der Waals surface area contributed by atoms with Crippen molar-refractivity contribution in [3.63, 3.8) is 0 Å². The van der Waals surface area contributed by atoms with Crippen molar-refractivity contribution in [2.24, 2.45) is 0 Å². The van der Waals surface area contributed by atoms with Crippen LogP contribution < -0.4 is 9.47 Å². The minimum absolute atomic E-state index is 0.239. The van der Waals surface area contributed by atoms with E-state index in [-0.39, 0.29) is 6.79 Å². The normalized spacial score (nSPS) is 12.4. The summed E-state index contributed by atoms with van der Waals surface area (Å²) in [6.07, 6.45) is 0. The molecule has 0 unspecified atom stereocenters. The molecule has 1 aliphatic rings. The Balaban J connectivity index is 1.68. The number of aromatic nitrogens is 4. The highest BCUT2D eigenvalue weighted by Crippen LogP contribution is 2.34. The molecule has 0 saturated heterocycles. The zero-order valence-corrected chi connectivity index (χ0v) is 10.9. The van der Waals surface area contributed by atoms with Crippen molar-refractivity contribution in [3.8, 4) is 34.3 Å². The quantitative estimate of drug-likeness (QED) is 0.716. The second-order valence-corrected chi connectivity index (χ2v) is 4.48. The van der Waals surface area contributed by atoms with E-state index in [4.69, 9.17) is 9.47 Å². The molecule has 1 aliphatic heterocycles. The third-order valence-corrected chi connectivity index (χ3v) is 3.14. The maximum absolute atomic E-state index is 5.34. The Morgan fingerprint density at radius 2 is 1.33 bits per heavy atom. The summed E-state index contributed by atoms with van der Waals surface area (Å²) in [5.74, 6) is 2.36. The van der Waals surface area contributed by atoms with Crippen molar-refractivity contribution in [2.75, 3.05) is 6.79 Å². The second-order valence-electron chi connectivity index (χ2n) is 4.48. The van der Waals surface area contributed by atoms with Gasteiger partial charge in [0.15, 0.2) is 11.5 Å². The number of rotatable bonds is 2. The van der Waals surface area contributed by atoms with Gasteiger partial charge in [-0.25, -0.2) is 0 Å². The minimum atomic E-state index is 0.239. The Bertz CT molecular complexity index is 775. The molecular weight excluding hydrogens is 268 g/mol. The van der Waals surface area contributed by atoms with Crippen molar-refractivity contribution < 1.29 is 9.47 Å². The Hall–Kier alpha value is -3.02. The van der Waals surface area contributed by atoms with E-state index in [2.05, 4.69) is 20.4 Å². The zero-order chi connectivity index (χ0) is 14.1. The van der Waals surface area contributed by atoms with Gasteiger partial charge in [-0.1, -0.05) is 30.3 Å². The van der Waals surface area contributed by atoms with Crippen LogP contribution in [-0.2, 0) is 0 Å². The van der Waals surface area contributed by atoms with Gasteiger partial charge in [-0.3, -0.25) is 0 Å². The highest BCUT2D eigenvalue weighted by atomic mass is 16.7. The summed E-state index contributed by atoms with van der Waals surface area (Å²) in [4.78, 5) is 0. The molecule has 0 radical (unpaired) electrons. The van der Waals surface area contributed by atoms with Crippen molar-refractivity contribution in [2.45, 2.75) is 0 Å². The number of hydrogen-bond donors (Lipinski definition) is 0. The summed E-state index contributed by atoms with van der Waals surface area (Å²) in [5, 5.41) is 16.5. The first-order chi connectivity index (χ1) is 10.4. The number of fused-ring (bicyclic) bond motifs is 1. The molecule has 3 aromatic rings. The highest BCUT2D eigenvalue weighted by Gasteiger charge is 2.15. The second kappa shape index (κ2) is 4.82. The molecule has 2 aromatic carbocycles. The van der Waals surface area contributed by atoms with Gasteiger partial charge in [0, 0.05) is 11.1 Å². The lowest BCUT2D eigenvalue weighted by molar-refractivity contribution is 0.174. The van der Waals surface area contributed by atoms with E-state index in [1.807, 2.05) is 48.5 Å². The van der Waals surface area contributed by atoms with Crippen molar-refractivity contribution >= 4 is 0 Å². The molecule has 0 aliphatic carbocycles. The van der Waals surface area contributed by atoms with Gasteiger partial charge in [0.05, 0.1) is 0 Å². The van der Waals surface area contributed by atoms with Gasteiger partial charge in [-0.15, -0.1) is 20.4 Å². The Morgan fingerprint density at radius 3 is 2.10 bits per heavy atom. The topological polar surface area (TPSA) is 70.0 Å². The summed E-state index contributed by atoms with van der Waals surface area (Å²) in [6.45, 7) is 0.239. The summed E-state index contributed by atoms with van der Waals surface area (Å²) in [6, 6.07) is 15.1. The third kappa shape index (κ3) is 2.16. The monoisotopic (exact) mass is 278 g/mol. The predicted molar refractivity (Wildman–Crippen MR) is 74.6 cm³/mol. The fourth-order valence-electron chi connectivity index (χ4n) is 2.08. The fourth-order valence-corrected chi connectivity index (χ4v) is 2.08. The van der Waals surface area contributed by atoms with E-state index >= 15 is 0 Å². The van der Waals surface area contributed by atoms with E-state index in [1.165, 1.54) is 0 Å². The van der Waals surface area contributed by atoms with E-state index in [1.54, 1.807) is 0 Å². The summed E-state index contributed by atoms with van der Waals surface area (Å²) >= 11 is 0. The molecule has 2 heterocycles. The van der Waals surface area contributed by atoms with Crippen LogP contribution in [0, 0.1) is 0 Å². The number of ether oxygens (including phenoxy) is 2. The van der Waals surface area contributed by atoms with Gasteiger partial charge < -0.3 is 9.47 Å². The number of hydrogen-bond acceptors (Lipinski definition) is 6. The van der Waals surface area contributed by atoms with Crippen LogP contribution in [-0.4, -0.2) is 27.2 Å². The number of benzene rings is 2. The molecule has 0 N–H and O–H groups in total. The molecule has 0 atom stereocenters. The Labute approximate surface area is 120 Å². The highest BCUT2D eigenvalue weighted by molar-refractivity contribution is 5.61. The summed E-state index contributed by atoms with van der Waals surface area (Å²) < 4.78 is 10.6. The van der Waals surface area contributed by atoms with Crippen LogP contribution in [0.2, 0.25) is 0 Å². The van der Waals surface area contributed by atoms with Crippen molar-refractivity contribution in [1.29, 1.82) is 0 Å². The van der Waals surface area contributed by atoms with Crippen LogP contribution in [0.3, 0.4) is 0 Å². The smallest absolute Gasteiger partial charge is 0.231 e. The van der Waals surface area contributed by atoms with Gasteiger partial charge in [0.1, 0.15) is 0 Å². The Morgan fingerprint density at radius 1 is 0.667 bits per heavy atom. The van der Waals surface area contributed by atoms with Crippen molar-refractivity contribution in [1.82, 2.24) is 20.4 Å². The van der Waals surface area contributed by atoms with E-state index < -0.39 is 0 Å². The molecule has 0 bridgehead atoms. The lowest BCUT2D eigenvalue weighted by atomic mass is 10.2. The van der Waals surface area contributed by atoms with Crippen LogP contribution >= 0.6 is 0 Å². The third-order valence-electron chi connectivity index (χ3n) is 3.14. The average molecular weight is 278 g/mol. The molecule has 4 rings (SSSR count). The summed E-state index contributed by atoms with van der Waals surface area (Å²) in [7, 11) is 0. The molecule has 0 spiro atoms. The molecule has 0 saturated carbocycles. The molecule has 1 aromatic heterocycles. The molecular formula is C15H10N4O2. The van der Waals surface area contributed by atoms with Gasteiger partial charge in [0.2, 0.25) is 18.4 Å². The van der Waals surface area contributed by atoms with E-state index in [9.17, 15) is 0 Å². The molecule has 6 nitrogen and oxygen atoms in total. The van der Waals surface area contributed by atoms with Gasteiger partial charge in [-0.05, 0) is 18.2 Å². The molecule has 6 heteroatoms. The lowest BCUT2D eigenvalue weighted by Gasteiger charge is -2.02. The van der Waals surface area contributed by atoms with Crippen LogP contribution in [0.15, 0.2) is 48.5 Å². The lowest BCUT2D eigenvalue weighted by Crippen LogP contribution is -1.99. The largest absolute Gasteiger partial charge is 0.454 e. The van der Waals surface area contributed by atoms with Gasteiger partial charge >= 0.3 is 0 Å². The van der Waals surface area contributed by atoms with E-state index in [0.717, 1.165) is 16.9 Å². The maximum Gasteiger partial charge on any atom is 0.231 e. The molecule has 21 heavy (non-hydrogen) atoms. The molecule has 0 fully saturated rings. The molecule has 102 valence electrons. The van der Waals surface area contributed by atoms with Crippen LogP contribution in [0.5, 0.6) is 11.5 Å². The molecule has 0 amide bonds. The van der Waals surface area contributed by atoms with Crippen molar-refractivity contribution in [3.05, 3.63) is 48.5 Å². The van der Waals surface area contributed by atoms with Gasteiger partial charge in [0.25, 0.3) is 0 Å². The first-order valence-electron chi connectivity index (χ1n) is 6.43. The van der Waals surface area contributed by atoms with E-state index in [0.29, 0.717) is 17.4 Å². The number of nitrogens with zero attached hydrogens (tertiary/aromatic N) is 4. The van der Waals surface area contributed by atoms with Crippen LogP contribution in [0.1, 0.15) is 0 Å². The average Bonchev–Trinajstić information content (AvgIpc) is 3.03.